The summed E-state index contributed by atoms with van der Waals surface area (Å²) in [7, 11) is 0. The molecule has 0 radical (unpaired) electrons. The number of fused-ring (bicyclic) bond motifs is 1. The van der Waals surface area contributed by atoms with Crippen LogP contribution in [0.25, 0.3) is 4.96 Å². The monoisotopic (exact) mass is 380 g/mol. The second kappa shape index (κ2) is 6.24. The molecule has 1 N–H and O–H groups in total. The van der Waals surface area contributed by atoms with E-state index in [0.717, 1.165) is 17.0 Å². The van der Waals surface area contributed by atoms with Gasteiger partial charge in [-0.25, -0.2) is 13.8 Å². The van der Waals surface area contributed by atoms with Gasteiger partial charge in [-0.3, -0.25) is 13.9 Å². The number of nitrogens with zero attached hydrogens (tertiary/aromatic N) is 4. The maximum absolute atomic E-state index is 12.8. The number of aliphatic hydroxyl groups is 1. The van der Waals surface area contributed by atoms with Crippen LogP contribution >= 0.6 is 11.3 Å². The third-order valence-electron chi connectivity index (χ3n) is 4.83. The molecule has 6 nitrogen and oxygen atoms in total. The molecule has 9 heteroatoms. The highest BCUT2D eigenvalue weighted by Crippen LogP contribution is 2.49. The van der Waals surface area contributed by atoms with Crippen LogP contribution in [0.5, 0.6) is 0 Å². The average molecular weight is 380 g/mol. The number of aliphatic hydroxyl groups excluding tert-OH is 1. The Morgan fingerprint density at radius 2 is 2.15 bits per heavy atom. The Hall–Kier alpha value is -2.13. The zero-order chi connectivity index (χ0) is 18.6. The minimum Gasteiger partial charge on any atom is -0.396 e. The summed E-state index contributed by atoms with van der Waals surface area (Å²) in [5.74, 6) is 0.402. The molecule has 1 fully saturated rings. The number of halogens is 2. The molecule has 26 heavy (non-hydrogen) atoms. The fourth-order valence-electron chi connectivity index (χ4n) is 3.39. The van der Waals surface area contributed by atoms with Gasteiger partial charge in [0.15, 0.2) is 4.96 Å². The lowest BCUT2D eigenvalue weighted by molar-refractivity contribution is 0.145. The summed E-state index contributed by atoms with van der Waals surface area (Å²) < 4.78 is 28.7. The van der Waals surface area contributed by atoms with E-state index in [1.807, 2.05) is 6.92 Å². The molecule has 138 valence electrons. The number of aryl methyl sites for hydroxylation is 2. The largest absolute Gasteiger partial charge is 0.396 e. The van der Waals surface area contributed by atoms with Crippen LogP contribution in [0.4, 0.5) is 8.78 Å². The maximum atomic E-state index is 12.8. The van der Waals surface area contributed by atoms with Crippen LogP contribution in [0.3, 0.4) is 0 Å². The third kappa shape index (κ3) is 2.84. The number of hydrogen-bond donors (Lipinski definition) is 1. The van der Waals surface area contributed by atoms with Crippen molar-refractivity contribution >= 4 is 16.3 Å². The van der Waals surface area contributed by atoms with Crippen molar-refractivity contribution < 1.29 is 13.9 Å². The molecule has 0 spiro atoms. The highest BCUT2D eigenvalue weighted by Gasteiger charge is 2.41. The van der Waals surface area contributed by atoms with Crippen molar-refractivity contribution in [3.63, 3.8) is 0 Å². The third-order valence-corrected chi connectivity index (χ3v) is 5.80. The Morgan fingerprint density at radius 3 is 2.77 bits per heavy atom. The van der Waals surface area contributed by atoms with E-state index >= 15 is 0 Å². The highest BCUT2D eigenvalue weighted by molar-refractivity contribution is 7.17. The van der Waals surface area contributed by atoms with Crippen molar-refractivity contribution in [3.8, 4) is 0 Å². The first-order valence-corrected chi connectivity index (χ1v) is 9.16. The van der Waals surface area contributed by atoms with Gasteiger partial charge in [-0.2, -0.15) is 5.10 Å². The molecular weight excluding hydrogens is 362 g/mol. The van der Waals surface area contributed by atoms with Crippen LogP contribution in [0.1, 0.15) is 46.4 Å². The molecule has 1 aliphatic carbocycles. The van der Waals surface area contributed by atoms with Gasteiger partial charge >= 0.3 is 0 Å². The Kier molecular flexibility index (Phi) is 4.15. The summed E-state index contributed by atoms with van der Waals surface area (Å²) in [6.45, 7) is 3.93. The second-order valence-corrected chi connectivity index (χ2v) is 7.88. The summed E-state index contributed by atoms with van der Waals surface area (Å²) >= 11 is 1.43. The highest BCUT2D eigenvalue weighted by atomic mass is 32.1. The normalized spacial score (nSPS) is 19.6. The molecule has 0 amide bonds. The van der Waals surface area contributed by atoms with Crippen molar-refractivity contribution in [3.05, 3.63) is 50.1 Å². The SMILES string of the molecule is Cc1sc2nc(Cn3nc(C(F)F)cc3C)cc(=O)n2c1[C@@H]1C[C@H]1CO. The van der Waals surface area contributed by atoms with Gasteiger partial charge in [0.2, 0.25) is 0 Å². The van der Waals surface area contributed by atoms with Gasteiger partial charge in [-0.15, -0.1) is 11.3 Å². The van der Waals surface area contributed by atoms with Gasteiger partial charge < -0.3 is 5.11 Å². The lowest BCUT2D eigenvalue weighted by Crippen LogP contribution is -2.18. The van der Waals surface area contributed by atoms with E-state index < -0.39 is 6.43 Å². The van der Waals surface area contributed by atoms with E-state index in [-0.39, 0.29) is 36.2 Å². The van der Waals surface area contributed by atoms with Crippen LogP contribution in [0.2, 0.25) is 0 Å². The fourth-order valence-corrected chi connectivity index (χ4v) is 4.45. The molecule has 1 aliphatic rings. The molecule has 3 heterocycles. The molecule has 3 aromatic heterocycles. The zero-order valence-corrected chi connectivity index (χ0v) is 15.1. The van der Waals surface area contributed by atoms with Crippen molar-refractivity contribution in [2.75, 3.05) is 6.61 Å². The lowest BCUT2D eigenvalue weighted by Gasteiger charge is -2.05. The van der Waals surface area contributed by atoms with E-state index in [1.165, 1.54) is 28.2 Å². The second-order valence-electron chi connectivity index (χ2n) is 6.70. The van der Waals surface area contributed by atoms with Gasteiger partial charge in [-0.05, 0) is 32.3 Å². The summed E-state index contributed by atoms with van der Waals surface area (Å²) in [6.07, 6.45) is -1.75. The van der Waals surface area contributed by atoms with Crippen molar-refractivity contribution in [2.45, 2.75) is 39.2 Å². The van der Waals surface area contributed by atoms with Crippen LogP contribution in [-0.2, 0) is 6.54 Å². The Balaban J connectivity index is 1.71. The van der Waals surface area contributed by atoms with Crippen molar-refractivity contribution in [2.24, 2.45) is 5.92 Å². The van der Waals surface area contributed by atoms with Gasteiger partial charge in [0, 0.05) is 34.9 Å². The molecule has 4 rings (SSSR count). The minimum atomic E-state index is -2.63. The predicted molar refractivity (Wildman–Crippen MR) is 93.0 cm³/mol. The number of aromatic nitrogens is 4. The van der Waals surface area contributed by atoms with Crippen LogP contribution in [0.15, 0.2) is 16.9 Å². The smallest absolute Gasteiger partial charge is 0.282 e. The first kappa shape index (κ1) is 17.3. The molecule has 0 unspecified atom stereocenters. The number of hydrogen-bond acceptors (Lipinski definition) is 5. The van der Waals surface area contributed by atoms with E-state index in [9.17, 15) is 18.7 Å². The van der Waals surface area contributed by atoms with Crippen LogP contribution in [-0.4, -0.2) is 30.9 Å². The van der Waals surface area contributed by atoms with E-state index in [1.54, 1.807) is 11.3 Å². The molecule has 0 bridgehead atoms. The fraction of sp³-hybridized carbons (Fsp3) is 0.471. The van der Waals surface area contributed by atoms with Crippen LogP contribution in [0, 0.1) is 19.8 Å². The van der Waals surface area contributed by atoms with E-state index in [2.05, 4.69) is 10.1 Å². The Bertz CT molecular complexity index is 1040. The summed E-state index contributed by atoms with van der Waals surface area (Å²) in [6, 6.07) is 2.77. The first-order valence-electron chi connectivity index (χ1n) is 8.34. The number of thiazole rings is 1. The molecule has 3 aromatic rings. The van der Waals surface area contributed by atoms with Crippen molar-refractivity contribution in [1.82, 2.24) is 19.2 Å². The molecule has 1 saturated carbocycles. The van der Waals surface area contributed by atoms with Gasteiger partial charge in [0.1, 0.15) is 5.69 Å². The van der Waals surface area contributed by atoms with Gasteiger partial charge in [0.05, 0.1) is 12.2 Å². The summed E-state index contributed by atoms with van der Waals surface area (Å²) in [5, 5.41) is 13.2. The summed E-state index contributed by atoms with van der Waals surface area (Å²) in [5.41, 5.74) is 1.55. The van der Waals surface area contributed by atoms with Gasteiger partial charge in [0.25, 0.3) is 12.0 Å². The lowest BCUT2D eigenvalue weighted by atomic mass is 10.2. The minimum absolute atomic E-state index is 0.118. The Labute approximate surface area is 151 Å². The van der Waals surface area contributed by atoms with Gasteiger partial charge in [-0.1, -0.05) is 0 Å². The maximum Gasteiger partial charge on any atom is 0.282 e. The summed E-state index contributed by atoms with van der Waals surface area (Å²) in [4.78, 5) is 18.8. The molecule has 0 aromatic carbocycles. The molecule has 0 saturated heterocycles. The number of rotatable bonds is 5. The molecule has 0 aliphatic heterocycles. The standard InChI is InChI=1S/C17H18F2N4O2S/c1-8-3-13(16(18)19)21-22(8)6-11-5-14(25)23-15(12-4-10(12)7-24)9(2)26-17(23)20-11/h3,5,10,12,16,24H,4,6-7H2,1-2H3/t10-,12+/m0/s1. The quantitative estimate of drug-likeness (QED) is 0.739. The van der Waals surface area contributed by atoms with E-state index in [0.29, 0.717) is 16.3 Å². The Morgan fingerprint density at radius 1 is 1.38 bits per heavy atom. The zero-order valence-electron chi connectivity index (χ0n) is 14.3. The van der Waals surface area contributed by atoms with Crippen molar-refractivity contribution in [1.29, 1.82) is 0 Å². The number of alkyl halides is 2. The van der Waals surface area contributed by atoms with E-state index in [4.69, 9.17) is 0 Å². The topological polar surface area (TPSA) is 72.4 Å². The average Bonchev–Trinajstić information content (AvgIpc) is 3.14. The first-order chi connectivity index (χ1) is 12.4. The predicted octanol–water partition coefficient (Wildman–Crippen LogP) is 2.65. The molecular formula is C17H18F2N4O2S. The molecule has 2 atom stereocenters. The van der Waals surface area contributed by atoms with Crippen LogP contribution < -0.4 is 5.56 Å².